The smallest absolute Gasteiger partial charge is 0.205 e. The summed E-state index contributed by atoms with van der Waals surface area (Å²) < 4.78 is 0. The summed E-state index contributed by atoms with van der Waals surface area (Å²) in [6, 6.07) is 18.6. The Morgan fingerprint density at radius 1 is 1.12 bits per heavy atom. The molecule has 16 heavy (non-hydrogen) atoms. The molecule has 0 bridgehead atoms. The van der Waals surface area contributed by atoms with Crippen LogP contribution in [-0.4, -0.2) is 9.97 Å². The second kappa shape index (κ2) is 3.70. The maximum absolute atomic E-state index is 4.43. The molecule has 1 radical (unpaired) electrons. The quantitative estimate of drug-likeness (QED) is 0.679. The van der Waals surface area contributed by atoms with Crippen molar-refractivity contribution in [3.05, 3.63) is 54.6 Å². The summed E-state index contributed by atoms with van der Waals surface area (Å²) in [5.41, 5.74) is 2.97. The Morgan fingerprint density at radius 2 is 2.06 bits per heavy atom. The van der Waals surface area contributed by atoms with Crippen LogP contribution in [0.5, 0.6) is 0 Å². The first-order chi connectivity index (χ1) is 7.92. The van der Waals surface area contributed by atoms with Gasteiger partial charge in [0.25, 0.3) is 0 Å². The Bertz CT molecular complexity index is 566. The maximum atomic E-state index is 4.43. The summed E-state index contributed by atoms with van der Waals surface area (Å²) >= 11 is 0. The van der Waals surface area contributed by atoms with Gasteiger partial charge >= 0.3 is 0 Å². The van der Waals surface area contributed by atoms with Gasteiger partial charge in [0.05, 0.1) is 11.0 Å². The Kier molecular flexibility index (Phi) is 2.07. The standard InChI is InChI=1S/C13H10N3/c1-2-6-10(7-3-1)14-13-15-11-8-4-5-9-12(11)16-13/h1-2,4-9H,(H2,14,15,16). The van der Waals surface area contributed by atoms with Crippen molar-refractivity contribution < 1.29 is 0 Å². The zero-order chi connectivity index (χ0) is 10.8. The van der Waals surface area contributed by atoms with Crippen LogP contribution < -0.4 is 5.32 Å². The fraction of sp³-hybridized carbons (Fsp3) is 0. The van der Waals surface area contributed by atoms with E-state index in [1.54, 1.807) is 0 Å². The van der Waals surface area contributed by atoms with Gasteiger partial charge in [-0.3, -0.25) is 0 Å². The number of aromatic amines is 1. The fourth-order valence-corrected chi connectivity index (χ4v) is 1.62. The second-order valence-electron chi connectivity index (χ2n) is 3.52. The number of para-hydroxylation sites is 2. The van der Waals surface area contributed by atoms with Crippen LogP contribution in [0.1, 0.15) is 0 Å². The van der Waals surface area contributed by atoms with E-state index in [-0.39, 0.29) is 0 Å². The van der Waals surface area contributed by atoms with Gasteiger partial charge in [0.2, 0.25) is 5.95 Å². The zero-order valence-corrected chi connectivity index (χ0v) is 8.57. The Morgan fingerprint density at radius 3 is 2.88 bits per heavy atom. The maximum Gasteiger partial charge on any atom is 0.205 e. The minimum Gasteiger partial charge on any atom is -0.326 e. The number of imidazole rings is 1. The lowest BCUT2D eigenvalue weighted by Gasteiger charge is -2.00. The molecule has 3 rings (SSSR count). The first-order valence-electron chi connectivity index (χ1n) is 5.10. The van der Waals surface area contributed by atoms with Gasteiger partial charge < -0.3 is 10.3 Å². The molecule has 77 valence electrons. The molecule has 3 aromatic rings. The number of nitrogens with zero attached hydrogens (tertiary/aromatic N) is 1. The summed E-state index contributed by atoms with van der Waals surface area (Å²) in [6.07, 6.45) is 0. The molecular formula is C13H10N3. The molecule has 0 unspecified atom stereocenters. The molecule has 3 heteroatoms. The van der Waals surface area contributed by atoms with E-state index in [1.165, 1.54) is 0 Å². The second-order valence-corrected chi connectivity index (χ2v) is 3.52. The van der Waals surface area contributed by atoms with Gasteiger partial charge in [-0.15, -0.1) is 0 Å². The Labute approximate surface area is 93.1 Å². The van der Waals surface area contributed by atoms with Crippen molar-refractivity contribution >= 4 is 22.7 Å². The van der Waals surface area contributed by atoms with Crippen LogP contribution in [0.4, 0.5) is 11.6 Å². The van der Waals surface area contributed by atoms with Crippen LogP contribution in [0.15, 0.2) is 48.5 Å². The molecule has 0 fully saturated rings. The molecule has 0 aliphatic heterocycles. The molecule has 1 aromatic heterocycles. The predicted molar refractivity (Wildman–Crippen MR) is 64.7 cm³/mol. The molecule has 2 N–H and O–H groups in total. The largest absolute Gasteiger partial charge is 0.326 e. The summed E-state index contributed by atoms with van der Waals surface area (Å²) in [6.45, 7) is 0. The van der Waals surface area contributed by atoms with Gasteiger partial charge in [0.15, 0.2) is 0 Å². The van der Waals surface area contributed by atoms with E-state index < -0.39 is 0 Å². The van der Waals surface area contributed by atoms with Crippen molar-refractivity contribution in [1.82, 2.24) is 9.97 Å². The van der Waals surface area contributed by atoms with Gasteiger partial charge in [-0.2, -0.15) is 0 Å². The molecule has 0 aliphatic carbocycles. The number of hydrogen-bond donors (Lipinski definition) is 2. The van der Waals surface area contributed by atoms with Crippen molar-refractivity contribution in [2.45, 2.75) is 0 Å². The van der Waals surface area contributed by atoms with Crippen LogP contribution in [-0.2, 0) is 0 Å². The van der Waals surface area contributed by atoms with E-state index in [0.29, 0.717) is 0 Å². The number of benzene rings is 2. The Balaban J connectivity index is 1.95. The van der Waals surface area contributed by atoms with Crippen molar-refractivity contribution in [2.24, 2.45) is 0 Å². The van der Waals surface area contributed by atoms with Crippen molar-refractivity contribution in [1.29, 1.82) is 0 Å². The van der Waals surface area contributed by atoms with E-state index in [2.05, 4.69) is 21.4 Å². The van der Waals surface area contributed by atoms with Crippen LogP contribution in [0.25, 0.3) is 11.0 Å². The van der Waals surface area contributed by atoms with Gasteiger partial charge in [0.1, 0.15) is 0 Å². The van der Waals surface area contributed by atoms with Crippen molar-refractivity contribution in [3.63, 3.8) is 0 Å². The molecule has 0 spiro atoms. The molecule has 3 nitrogen and oxygen atoms in total. The number of hydrogen-bond acceptors (Lipinski definition) is 2. The van der Waals surface area contributed by atoms with Crippen LogP contribution in [0.3, 0.4) is 0 Å². The first-order valence-corrected chi connectivity index (χ1v) is 5.10. The number of anilines is 2. The molecule has 0 amide bonds. The lowest BCUT2D eigenvalue weighted by molar-refractivity contribution is 1.31. The average Bonchev–Trinajstić information content (AvgIpc) is 2.72. The molecule has 0 atom stereocenters. The van der Waals surface area contributed by atoms with Crippen LogP contribution in [0, 0.1) is 6.07 Å². The molecule has 0 saturated carbocycles. The Hall–Kier alpha value is -2.29. The number of nitrogens with one attached hydrogen (secondary N) is 2. The highest BCUT2D eigenvalue weighted by Crippen LogP contribution is 2.17. The van der Waals surface area contributed by atoms with Gasteiger partial charge in [-0.25, -0.2) is 4.98 Å². The van der Waals surface area contributed by atoms with Crippen molar-refractivity contribution in [2.75, 3.05) is 5.32 Å². The lowest BCUT2D eigenvalue weighted by Crippen LogP contribution is -1.91. The fourth-order valence-electron chi connectivity index (χ4n) is 1.62. The summed E-state index contributed by atoms with van der Waals surface area (Å²) in [4.78, 5) is 7.64. The molecule has 0 saturated heterocycles. The van der Waals surface area contributed by atoms with E-state index >= 15 is 0 Å². The van der Waals surface area contributed by atoms with Crippen LogP contribution >= 0.6 is 0 Å². The zero-order valence-electron chi connectivity index (χ0n) is 8.57. The highest BCUT2D eigenvalue weighted by atomic mass is 15.1. The third kappa shape index (κ3) is 1.63. The highest BCUT2D eigenvalue weighted by Gasteiger charge is 2.00. The average molecular weight is 208 g/mol. The van der Waals surface area contributed by atoms with E-state index in [0.717, 1.165) is 22.7 Å². The van der Waals surface area contributed by atoms with Gasteiger partial charge in [0, 0.05) is 5.69 Å². The van der Waals surface area contributed by atoms with E-state index in [1.807, 2.05) is 48.5 Å². The number of rotatable bonds is 2. The minimum absolute atomic E-state index is 0.751. The summed E-state index contributed by atoms with van der Waals surface area (Å²) in [7, 11) is 0. The molecule has 1 heterocycles. The van der Waals surface area contributed by atoms with Gasteiger partial charge in [-0.1, -0.05) is 24.3 Å². The highest BCUT2D eigenvalue weighted by molar-refractivity contribution is 5.78. The van der Waals surface area contributed by atoms with E-state index in [9.17, 15) is 0 Å². The SMILES string of the molecule is [c]1cccc(Nc2nc3ccccc3[nH]2)c1. The third-order valence-electron chi connectivity index (χ3n) is 2.36. The molecular weight excluding hydrogens is 198 g/mol. The topological polar surface area (TPSA) is 40.7 Å². The molecule has 2 aromatic carbocycles. The van der Waals surface area contributed by atoms with Crippen LogP contribution in [0.2, 0.25) is 0 Å². The number of H-pyrrole nitrogens is 1. The molecule has 0 aliphatic rings. The first kappa shape index (κ1) is 8.97. The number of fused-ring (bicyclic) bond motifs is 1. The normalized spacial score (nSPS) is 10.5. The third-order valence-corrected chi connectivity index (χ3v) is 2.36. The number of aromatic nitrogens is 2. The summed E-state index contributed by atoms with van der Waals surface area (Å²) in [5.74, 6) is 0.751. The van der Waals surface area contributed by atoms with Gasteiger partial charge in [-0.05, 0) is 30.3 Å². The monoisotopic (exact) mass is 208 g/mol. The predicted octanol–water partition coefficient (Wildman–Crippen LogP) is 3.11. The van der Waals surface area contributed by atoms with Crippen molar-refractivity contribution in [3.8, 4) is 0 Å². The minimum atomic E-state index is 0.751. The van der Waals surface area contributed by atoms with E-state index in [4.69, 9.17) is 0 Å². The lowest BCUT2D eigenvalue weighted by atomic mass is 10.3. The summed E-state index contributed by atoms with van der Waals surface area (Å²) in [5, 5.41) is 3.20.